The van der Waals surface area contributed by atoms with Crippen LogP contribution < -0.4 is 10.2 Å². The highest BCUT2D eigenvalue weighted by Crippen LogP contribution is 2.23. The fraction of sp³-hybridized carbons (Fsp3) is 0.412. The van der Waals surface area contributed by atoms with Crippen LogP contribution in [-0.2, 0) is 14.3 Å². The van der Waals surface area contributed by atoms with Crippen LogP contribution >= 0.6 is 0 Å². The van der Waals surface area contributed by atoms with Gasteiger partial charge in [-0.1, -0.05) is 18.1 Å². The normalized spacial score (nSPS) is 15.2. The zero-order chi connectivity index (χ0) is 18.2. The summed E-state index contributed by atoms with van der Waals surface area (Å²) in [6.45, 7) is 1.38. The van der Waals surface area contributed by atoms with E-state index in [2.05, 4.69) is 11.2 Å². The number of nitro groups is 1. The van der Waals surface area contributed by atoms with Crippen molar-refractivity contribution in [2.24, 2.45) is 0 Å². The number of likely N-dealkylation sites (tertiary alicyclic amines) is 1. The third kappa shape index (κ3) is 5.02. The maximum Gasteiger partial charge on any atom is 0.313 e. The van der Waals surface area contributed by atoms with E-state index in [-0.39, 0.29) is 24.4 Å². The Labute approximate surface area is 145 Å². The standard InChI is InChI=1S/C17H19N3O5/c1-2-11-25-16(21)12-15(19-9-5-6-10-19)17(22)18-13-7-3-4-8-14(13)20(23)24/h1,3-4,7-8,15H,5-6,9-12H2,(H,18,22)/p+1/t15-/m0/s1. The molecule has 0 radical (unpaired) electrons. The van der Waals surface area contributed by atoms with Crippen molar-refractivity contribution >= 4 is 23.3 Å². The predicted octanol–water partition coefficient (Wildman–Crippen LogP) is 0.147. The smallest absolute Gasteiger partial charge is 0.313 e. The molecule has 1 atom stereocenters. The van der Waals surface area contributed by atoms with Crippen molar-refractivity contribution in [3.8, 4) is 12.3 Å². The van der Waals surface area contributed by atoms with Crippen LogP contribution in [0.2, 0.25) is 0 Å². The maximum absolute atomic E-state index is 12.7. The minimum absolute atomic E-state index is 0.109. The molecule has 0 aromatic heterocycles. The number of hydrogen-bond donors (Lipinski definition) is 2. The van der Waals surface area contributed by atoms with E-state index in [9.17, 15) is 19.7 Å². The SMILES string of the molecule is C#CCOC(=O)C[C@@H](C(=O)Nc1ccccc1[N+](=O)[O-])[NH+]1CCCC1. The lowest BCUT2D eigenvalue weighted by atomic mass is 10.1. The monoisotopic (exact) mass is 346 g/mol. The Balaban J connectivity index is 2.14. The van der Waals surface area contributed by atoms with E-state index >= 15 is 0 Å². The summed E-state index contributed by atoms with van der Waals surface area (Å²) in [5.41, 5.74) is -0.0842. The first-order valence-electron chi connectivity index (χ1n) is 8.01. The lowest BCUT2D eigenvalue weighted by Gasteiger charge is -2.22. The fourth-order valence-corrected chi connectivity index (χ4v) is 2.91. The summed E-state index contributed by atoms with van der Waals surface area (Å²) in [5, 5.41) is 13.7. The van der Waals surface area contributed by atoms with Gasteiger partial charge in [0.25, 0.3) is 11.6 Å². The van der Waals surface area contributed by atoms with Crippen LogP contribution in [0, 0.1) is 22.5 Å². The quantitative estimate of drug-likeness (QED) is 0.317. The first kappa shape index (κ1) is 18.4. The molecule has 0 saturated carbocycles. The summed E-state index contributed by atoms with van der Waals surface area (Å²) < 4.78 is 4.87. The van der Waals surface area contributed by atoms with Crippen LogP contribution in [0.1, 0.15) is 19.3 Å². The first-order valence-corrected chi connectivity index (χ1v) is 8.01. The van der Waals surface area contributed by atoms with Gasteiger partial charge in [0.15, 0.2) is 12.6 Å². The zero-order valence-electron chi connectivity index (χ0n) is 13.7. The molecule has 8 nitrogen and oxygen atoms in total. The molecule has 1 aromatic carbocycles. The maximum atomic E-state index is 12.7. The number of carbonyl (C=O) groups excluding carboxylic acids is 2. The van der Waals surface area contributed by atoms with Crippen molar-refractivity contribution in [1.29, 1.82) is 0 Å². The molecule has 1 heterocycles. The molecule has 25 heavy (non-hydrogen) atoms. The summed E-state index contributed by atoms with van der Waals surface area (Å²) in [7, 11) is 0. The first-order chi connectivity index (χ1) is 12.0. The second kappa shape index (κ2) is 8.80. The van der Waals surface area contributed by atoms with E-state index in [0.29, 0.717) is 0 Å². The molecular weight excluding hydrogens is 326 g/mol. The number of nitrogens with zero attached hydrogens (tertiary/aromatic N) is 1. The summed E-state index contributed by atoms with van der Waals surface area (Å²) >= 11 is 0. The second-order valence-electron chi connectivity index (χ2n) is 5.75. The number of rotatable bonds is 7. The van der Waals surface area contributed by atoms with Gasteiger partial charge in [-0.25, -0.2) is 0 Å². The third-order valence-electron chi connectivity index (χ3n) is 4.10. The number of anilines is 1. The van der Waals surface area contributed by atoms with Gasteiger partial charge in [-0.05, 0) is 6.07 Å². The minimum Gasteiger partial charge on any atom is -0.452 e. The summed E-state index contributed by atoms with van der Waals surface area (Å²) in [5.74, 6) is 1.21. The molecule has 1 amide bonds. The third-order valence-corrected chi connectivity index (χ3v) is 4.10. The highest BCUT2D eigenvalue weighted by Gasteiger charge is 2.35. The lowest BCUT2D eigenvalue weighted by Crippen LogP contribution is -3.15. The Kier molecular flexibility index (Phi) is 6.48. The minimum atomic E-state index is -0.674. The van der Waals surface area contributed by atoms with E-state index in [1.807, 2.05) is 0 Å². The molecule has 2 N–H and O–H groups in total. The van der Waals surface area contributed by atoms with Gasteiger partial charge in [0.05, 0.1) is 18.0 Å². The van der Waals surface area contributed by atoms with Gasteiger partial charge >= 0.3 is 5.97 Å². The van der Waals surface area contributed by atoms with E-state index in [0.717, 1.165) is 30.8 Å². The van der Waals surface area contributed by atoms with E-state index in [1.54, 1.807) is 6.07 Å². The van der Waals surface area contributed by atoms with E-state index < -0.39 is 22.8 Å². The van der Waals surface area contributed by atoms with Crippen molar-refractivity contribution < 1.29 is 24.1 Å². The number of nitro benzene ring substituents is 1. The lowest BCUT2D eigenvalue weighted by molar-refractivity contribution is -0.903. The van der Waals surface area contributed by atoms with Crippen LogP contribution in [0.5, 0.6) is 0 Å². The molecule has 1 fully saturated rings. The zero-order valence-corrected chi connectivity index (χ0v) is 13.7. The van der Waals surface area contributed by atoms with Gasteiger partial charge < -0.3 is 15.0 Å². The number of terminal acetylenes is 1. The molecule has 2 rings (SSSR count). The molecule has 1 saturated heterocycles. The Morgan fingerprint density at radius 3 is 2.68 bits per heavy atom. The number of benzene rings is 1. The number of para-hydroxylation sites is 2. The number of hydrogen-bond acceptors (Lipinski definition) is 5. The van der Waals surface area contributed by atoms with Gasteiger partial charge in [-0.15, -0.1) is 6.42 Å². The molecule has 1 aliphatic rings. The van der Waals surface area contributed by atoms with Crippen molar-refractivity contribution in [3.63, 3.8) is 0 Å². The number of ether oxygens (including phenoxy) is 1. The van der Waals surface area contributed by atoms with Gasteiger partial charge in [0.2, 0.25) is 0 Å². The van der Waals surface area contributed by atoms with Crippen molar-refractivity contribution in [3.05, 3.63) is 34.4 Å². The molecular formula is C17H20N3O5+. The van der Waals surface area contributed by atoms with Gasteiger partial charge in [-0.3, -0.25) is 19.7 Å². The van der Waals surface area contributed by atoms with E-state index in [1.165, 1.54) is 18.2 Å². The average Bonchev–Trinajstić information content (AvgIpc) is 3.12. The Morgan fingerprint density at radius 2 is 2.04 bits per heavy atom. The second-order valence-corrected chi connectivity index (χ2v) is 5.75. The molecule has 0 bridgehead atoms. The Hall–Kier alpha value is -2.92. The van der Waals surface area contributed by atoms with Gasteiger partial charge in [0.1, 0.15) is 12.1 Å². The number of esters is 1. The largest absolute Gasteiger partial charge is 0.452 e. The summed E-state index contributed by atoms with van der Waals surface area (Å²) in [6, 6.07) is 5.22. The number of quaternary nitrogens is 1. The Bertz CT molecular complexity index is 692. The number of carbonyl (C=O) groups is 2. The van der Waals surface area contributed by atoms with E-state index in [4.69, 9.17) is 11.2 Å². The molecule has 8 heteroatoms. The highest BCUT2D eigenvalue weighted by molar-refractivity contribution is 5.97. The number of amides is 1. The van der Waals surface area contributed by atoms with Gasteiger partial charge in [0, 0.05) is 18.9 Å². The molecule has 0 aliphatic carbocycles. The Morgan fingerprint density at radius 1 is 1.36 bits per heavy atom. The summed E-state index contributed by atoms with van der Waals surface area (Å²) in [4.78, 5) is 36.0. The van der Waals surface area contributed by atoms with Crippen molar-refractivity contribution in [1.82, 2.24) is 0 Å². The molecule has 132 valence electrons. The summed E-state index contributed by atoms with van der Waals surface area (Å²) in [6.07, 6.45) is 6.86. The molecule has 1 aliphatic heterocycles. The van der Waals surface area contributed by atoms with Crippen molar-refractivity contribution in [2.75, 3.05) is 25.0 Å². The topological polar surface area (TPSA) is 103 Å². The van der Waals surface area contributed by atoms with Crippen LogP contribution in [-0.4, -0.2) is 42.5 Å². The van der Waals surface area contributed by atoms with Crippen LogP contribution in [0.15, 0.2) is 24.3 Å². The number of nitrogens with one attached hydrogen (secondary N) is 2. The predicted molar refractivity (Wildman–Crippen MR) is 89.9 cm³/mol. The van der Waals surface area contributed by atoms with Gasteiger partial charge in [-0.2, -0.15) is 0 Å². The fourth-order valence-electron chi connectivity index (χ4n) is 2.91. The van der Waals surface area contributed by atoms with Crippen molar-refractivity contribution in [2.45, 2.75) is 25.3 Å². The molecule has 0 unspecified atom stereocenters. The van der Waals surface area contributed by atoms with Crippen LogP contribution in [0.25, 0.3) is 0 Å². The highest BCUT2D eigenvalue weighted by atomic mass is 16.6. The van der Waals surface area contributed by atoms with Crippen LogP contribution in [0.3, 0.4) is 0 Å². The molecule has 1 aromatic rings. The molecule has 0 spiro atoms. The average molecular weight is 346 g/mol. The van der Waals surface area contributed by atoms with Crippen LogP contribution in [0.4, 0.5) is 11.4 Å².